The lowest BCUT2D eigenvalue weighted by atomic mass is 10.1. The number of para-hydroxylation sites is 3. The molecule has 46 heavy (non-hydrogen) atoms. The van der Waals surface area contributed by atoms with Crippen molar-refractivity contribution in [2.45, 2.75) is 0 Å². The zero-order chi connectivity index (χ0) is 30.6. The molecule has 0 unspecified atom stereocenters. The molecule has 0 N–H and O–H groups in total. The largest absolute Gasteiger partial charge is 0.456 e. The molecule has 1 aliphatic heterocycles. The van der Waals surface area contributed by atoms with Gasteiger partial charge in [0.2, 0.25) is 5.88 Å². The van der Waals surface area contributed by atoms with E-state index in [0.29, 0.717) is 17.2 Å². The first-order valence-corrected chi connectivity index (χ1v) is 15.2. The molecule has 0 aliphatic carbocycles. The van der Waals surface area contributed by atoms with E-state index in [9.17, 15) is 0 Å². The predicted octanol–water partition coefficient (Wildman–Crippen LogP) is 10.3. The summed E-state index contributed by atoms with van der Waals surface area (Å²) >= 11 is 0. The fraction of sp³-hybridized carbons (Fsp3) is 0.0513. The van der Waals surface area contributed by atoms with Gasteiger partial charge in [-0.25, -0.2) is 4.98 Å². The summed E-state index contributed by atoms with van der Waals surface area (Å²) in [7, 11) is 2.07. The van der Waals surface area contributed by atoms with Crippen LogP contribution < -0.4 is 14.5 Å². The van der Waals surface area contributed by atoms with Gasteiger partial charge in [-0.2, -0.15) is 0 Å². The molecule has 1 aliphatic rings. The number of anilines is 4. The van der Waals surface area contributed by atoms with E-state index >= 15 is 0 Å². The highest BCUT2D eigenvalue weighted by Crippen LogP contribution is 2.48. The normalized spacial score (nSPS) is 13.1. The molecule has 0 radical (unpaired) electrons. The average Bonchev–Trinajstić information content (AvgIpc) is 3.81. The number of fused-ring (bicyclic) bond motifs is 6. The molecule has 0 amide bonds. The van der Waals surface area contributed by atoms with Gasteiger partial charge in [0.25, 0.3) is 0 Å². The summed E-state index contributed by atoms with van der Waals surface area (Å²) in [4.78, 5) is 11.1. The van der Waals surface area contributed by atoms with Gasteiger partial charge in [-0.1, -0.05) is 60.7 Å². The molecule has 9 rings (SSSR count). The molecule has 0 spiro atoms. The van der Waals surface area contributed by atoms with Crippen LogP contribution in [0, 0.1) is 0 Å². The Labute approximate surface area is 264 Å². The molecule has 0 saturated heterocycles. The summed E-state index contributed by atoms with van der Waals surface area (Å²) in [6.45, 7) is 0.742. The molecule has 7 heteroatoms. The van der Waals surface area contributed by atoms with Gasteiger partial charge in [0.05, 0.1) is 23.4 Å². The second-order valence-corrected chi connectivity index (χ2v) is 11.5. The number of nitrogens with zero attached hydrogens (tertiary/aromatic N) is 4. The van der Waals surface area contributed by atoms with E-state index in [0.717, 1.165) is 67.7 Å². The lowest BCUT2D eigenvalue weighted by Crippen LogP contribution is -2.22. The summed E-state index contributed by atoms with van der Waals surface area (Å²) in [5, 5.41) is 4.04. The molecule has 0 saturated carbocycles. The second kappa shape index (κ2) is 10.5. The van der Waals surface area contributed by atoms with Crippen LogP contribution in [0.2, 0.25) is 0 Å². The van der Waals surface area contributed by atoms with Crippen LogP contribution in [0.5, 0.6) is 11.6 Å². The number of rotatable bonds is 6. The average molecular weight is 601 g/mol. The van der Waals surface area contributed by atoms with Crippen LogP contribution in [0.15, 0.2) is 149 Å². The number of ether oxygens (including phenoxy) is 1. The Morgan fingerprint density at radius 1 is 0.674 bits per heavy atom. The maximum Gasteiger partial charge on any atom is 0.219 e. The topological polar surface area (TPSA) is 58.1 Å². The van der Waals surface area contributed by atoms with Gasteiger partial charge in [0, 0.05) is 71.4 Å². The van der Waals surface area contributed by atoms with E-state index in [4.69, 9.17) is 13.6 Å². The maximum absolute atomic E-state index is 6.52. The van der Waals surface area contributed by atoms with E-state index < -0.39 is 0 Å². The molecule has 7 nitrogen and oxygen atoms in total. The molecule has 5 aromatic carbocycles. The smallest absolute Gasteiger partial charge is 0.219 e. The highest BCUT2D eigenvalue weighted by atomic mass is 16.5. The van der Waals surface area contributed by atoms with E-state index in [2.05, 4.69) is 99.8 Å². The van der Waals surface area contributed by atoms with Crippen molar-refractivity contribution in [3.63, 3.8) is 0 Å². The van der Waals surface area contributed by atoms with Crippen molar-refractivity contribution in [1.82, 2.24) is 9.88 Å². The zero-order valence-electron chi connectivity index (χ0n) is 25.0. The molecule has 0 fully saturated rings. The lowest BCUT2D eigenvalue weighted by Gasteiger charge is -2.28. The van der Waals surface area contributed by atoms with E-state index in [1.807, 2.05) is 60.7 Å². The third-order valence-electron chi connectivity index (χ3n) is 8.45. The third kappa shape index (κ3) is 4.32. The van der Waals surface area contributed by atoms with Gasteiger partial charge in [-0.05, 0) is 42.5 Å². The van der Waals surface area contributed by atoms with Crippen molar-refractivity contribution in [2.75, 3.05) is 23.5 Å². The quantitative estimate of drug-likeness (QED) is 0.188. The Bertz CT molecular complexity index is 2410. The highest BCUT2D eigenvalue weighted by molar-refractivity contribution is 6.15. The summed E-state index contributed by atoms with van der Waals surface area (Å²) < 4.78 is 19.4. The molecule has 0 bridgehead atoms. The third-order valence-corrected chi connectivity index (χ3v) is 8.45. The molecule has 222 valence electrons. The Morgan fingerprint density at radius 2 is 1.43 bits per heavy atom. The Kier molecular flexibility index (Phi) is 5.96. The molecule has 3 aromatic heterocycles. The fourth-order valence-corrected chi connectivity index (χ4v) is 6.37. The molecular weight excluding hydrogens is 572 g/mol. The van der Waals surface area contributed by atoms with Crippen LogP contribution in [0.1, 0.15) is 0 Å². The van der Waals surface area contributed by atoms with Crippen LogP contribution in [-0.2, 0) is 0 Å². The molecular formula is C39H28N4O3. The van der Waals surface area contributed by atoms with E-state index in [1.54, 1.807) is 6.20 Å². The summed E-state index contributed by atoms with van der Waals surface area (Å²) in [5.41, 5.74) is 7.05. The van der Waals surface area contributed by atoms with Crippen LogP contribution in [0.25, 0.3) is 43.9 Å². The van der Waals surface area contributed by atoms with Gasteiger partial charge < -0.3 is 28.3 Å². The molecule has 8 aromatic rings. The van der Waals surface area contributed by atoms with Crippen LogP contribution in [0.3, 0.4) is 0 Å². The number of aromatic nitrogens is 1. The minimum atomic E-state index is 0.489. The fourth-order valence-electron chi connectivity index (χ4n) is 6.37. The first kappa shape index (κ1) is 26.2. The van der Waals surface area contributed by atoms with Crippen molar-refractivity contribution < 1.29 is 13.6 Å². The first-order chi connectivity index (χ1) is 22.7. The van der Waals surface area contributed by atoms with Gasteiger partial charge in [0.1, 0.15) is 16.7 Å². The minimum absolute atomic E-state index is 0.489. The summed E-state index contributed by atoms with van der Waals surface area (Å²) in [6.07, 6.45) is 5.90. The Balaban J connectivity index is 1.36. The number of hydrogen-bond acceptors (Lipinski definition) is 7. The monoisotopic (exact) mass is 600 g/mol. The van der Waals surface area contributed by atoms with Gasteiger partial charge in [-0.3, -0.25) is 0 Å². The SMILES string of the molecule is CN1C=CN(c2cc(N(c3ccccc3)c3cc(Oc4ccccn4)c4oc5ccccc5c4c3)c3c(c2)oc2ccccc23)C1. The zero-order valence-corrected chi connectivity index (χ0v) is 25.0. The van der Waals surface area contributed by atoms with Crippen molar-refractivity contribution >= 4 is 66.6 Å². The van der Waals surface area contributed by atoms with Gasteiger partial charge in [0.15, 0.2) is 11.3 Å². The lowest BCUT2D eigenvalue weighted by molar-refractivity contribution is 0.458. The Hall–Kier alpha value is -6.21. The van der Waals surface area contributed by atoms with Crippen LogP contribution in [0.4, 0.5) is 22.7 Å². The van der Waals surface area contributed by atoms with E-state index in [-0.39, 0.29) is 0 Å². The minimum Gasteiger partial charge on any atom is -0.456 e. The summed E-state index contributed by atoms with van der Waals surface area (Å²) in [6, 6.07) is 41.0. The second-order valence-electron chi connectivity index (χ2n) is 11.5. The first-order valence-electron chi connectivity index (χ1n) is 15.2. The maximum atomic E-state index is 6.52. The van der Waals surface area contributed by atoms with Crippen molar-refractivity contribution in [3.8, 4) is 11.6 Å². The highest BCUT2D eigenvalue weighted by Gasteiger charge is 2.25. The molecule has 0 atom stereocenters. The predicted molar refractivity (Wildman–Crippen MR) is 184 cm³/mol. The van der Waals surface area contributed by atoms with Crippen LogP contribution in [-0.4, -0.2) is 23.6 Å². The Morgan fingerprint density at radius 3 is 2.22 bits per heavy atom. The van der Waals surface area contributed by atoms with Crippen molar-refractivity contribution in [2.24, 2.45) is 0 Å². The van der Waals surface area contributed by atoms with Crippen molar-refractivity contribution in [3.05, 3.63) is 140 Å². The number of benzene rings is 5. The number of pyridine rings is 1. The molecule has 4 heterocycles. The number of furan rings is 2. The van der Waals surface area contributed by atoms with E-state index in [1.165, 1.54) is 0 Å². The number of hydrogen-bond donors (Lipinski definition) is 0. The van der Waals surface area contributed by atoms with Gasteiger partial charge >= 0.3 is 0 Å². The van der Waals surface area contributed by atoms with Crippen molar-refractivity contribution in [1.29, 1.82) is 0 Å². The summed E-state index contributed by atoms with van der Waals surface area (Å²) in [5.74, 6) is 1.07. The standard InChI is InChI=1S/C39H28N4O3/c1-41-19-20-42(25-41)27-22-32(38-30-14-6-8-16-34(30)44-35(38)23-27)43(26-11-3-2-4-12-26)28-21-31-29-13-5-7-15-33(29)46-39(31)36(24-28)45-37-17-9-10-18-40-37/h2-24H,25H2,1H3. The van der Waals surface area contributed by atoms with Crippen LogP contribution >= 0.6 is 0 Å². The van der Waals surface area contributed by atoms with Gasteiger partial charge in [-0.15, -0.1) is 0 Å².